The lowest BCUT2D eigenvalue weighted by Gasteiger charge is -2.39. The predicted octanol–water partition coefficient (Wildman–Crippen LogP) is 1.20. The number of carbonyl (C=O) groups excluding carboxylic acids is 1. The van der Waals surface area contributed by atoms with Crippen LogP contribution >= 0.6 is 0 Å². The molecule has 0 unspecified atom stereocenters. The van der Waals surface area contributed by atoms with Crippen molar-refractivity contribution in [2.24, 2.45) is 0 Å². The van der Waals surface area contributed by atoms with Gasteiger partial charge in [-0.3, -0.25) is 4.79 Å². The Hall–Kier alpha value is -0.610. The van der Waals surface area contributed by atoms with Gasteiger partial charge in [-0.1, -0.05) is 0 Å². The standard InChI is InChI=1S/C13H24N2O2/c1-17-13(6-3-7-13)10-12(16)15-9-5-11-4-2-8-14-11/h11,14H,2-10H2,1H3,(H,15,16)/t11-/m1/s1. The predicted molar refractivity (Wildman–Crippen MR) is 66.9 cm³/mol. The van der Waals surface area contributed by atoms with Gasteiger partial charge in [-0.25, -0.2) is 0 Å². The Balaban J connectivity index is 1.60. The second kappa shape index (κ2) is 5.83. The van der Waals surface area contributed by atoms with Gasteiger partial charge >= 0.3 is 0 Å². The minimum absolute atomic E-state index is 0.143. The van der Waals surface area contributed by atoms with Crippen molar-refractivity contribution in [3.8, 4) is 0 Å². The van der Waals surface area contributed by atoms with E-state index in [1.165, 1.54) is 19.3 Å². The zero-order valence-electron chi connectivity index (χ0n) is 10.8. The van der Waals surface area contributed by atoms with Crippen molar-refractivity contribution in [2.75, 3.05) is 20.2 Å². The fourth-order valence-electron chi connectivity index (χ4n) is 2.77. The number of nitrogens with one attached hydrogen (secondary N) is 2. The third-order valence-electron chi connectivity index (χ3n) is 4.16. The Kier molecular flexibility index (Phi) is 4.40. The van der Waals surface area contributed by atoms with Crippen LogP contribution in [0.3, 0.4) is 0 Å². The van der Waals surface area contributed by atoms with Gasteiger partial charge in [0, 0.05) is 19.7 Å². The summed E-state index contributed by atoms with van der Waals surface area (Å²) in [4.78, 5) is 11.8. The van der Waals surface area contributed by atoms with Crippen LogP contribution in [0, 0.1) is 0 Å². The van der Waals surface area contributed by atoms with E-state index in [4.69, 9.17) is 4.74 Å². The molecule has 0 radical (unpaired) electrons. The Morgan fingerprint density at radius 2 is 2.29 bits per heavy atom. The topological polar surface area (TPSA) is 50.4 Å². The van der Waals surface area contributed by atoms with Gasteiger partial charge in [0.1, 0.15) is 0 Å². The smallest absolute Gasteiger partial charge is 0.222 e. The van der Waals surface area contributed by atoms with Crippen molar-refractivity contribution in [1.29, 1.82) is 0 Å². The Bertz CT molecular complexity index is 253. The molecule has 2 fully saturated rings. The molecule has 0 aromatic heterocycles. The van der Waals surface area contributed by atoms with E-state index in [0.717, 1.165) is 32.4 Å². The Morgan fingerprint density at radius 1 is 1.47 bits per heavy atom. The number of hydrogen-bond acceptors (Lipinski definition) is 3. The summed E-state index contributed by atoms with van der Waals surface area (Å²) in [5.74, 6) is 0.143. The lowest BCUT2D eigenvalue weighted by atomic mass is 9.77. The van der Waals surface area contributed by atoms with E-state index in [9.17, 15) is 4.79 Å². The van der Waals surface area contributed by atoms with Crippen molar-refractivity contribution in [3.63, 3.8) is 0 Å². The average Bonchev–Trinajstić information content (AvgIpc) is 2.76. The molecule has 1 heterocycles. The Morgan fingerprint density at radius 3 is 2.82 bits per heavy atom. The molecule has 1 aliphatic carbocycles. The maximum Gasteiger partial charge on any atom is 0.222 e. The normalized spacial score (nSPS) is 26.5. The molecule has 4 nitrogen and oxygen atoms in total. The SMILES string of the molecule is COC1(CC(=O)NCC[C@H]2CCCN2)CCC1. The van der Waals surface area contributed by atoms with Crippen LogP contribution in [0.15, 0.2) is 0 Å². The molecule has 2 rings (SSSR count). The average molecular weight is 240 g/mol. The molecular formula is C13H24N2O2. The maximum atomic E-state index is 11.8. The van der Waals surface area contributed by atoms with E-state index in [0.29, 0.717) is 12.5 Å². The largest absolute Gasteiger partial charge is 0.378 e. The van der Waals surface area contributed by atoms with E-state index >= 15 is 0 Å². The summed E-state index contributed by atoms with van der Waals surface area (Å²) in [6.45, 7) is 1.92. The molecule has 17 heavy (non-hydrogen) atoms. The van der Waals surface area contributed by atoms with Crippen LogP contribution in [0.4, 0.5) is 0 Å². The summed E-state index contributed by atoms with van der Waals surface area (Å²) < 4.78 is 5.45. The van der Waals surface area contributed by atoms with Crippen molar-refractivity contribution in [2.45, 2.75) is 56.6 Å². The molecule has 1 atom stereocenters. The van der Waals surface area contributed by atoms with Crippen LogP contribution < -0.4 is 10.6 Å². The summed E-state index contributed by atoms with van der Waals surface area (Å²) in [7, 11) is 1.72. The molecule has 0 spiro atoms. The molecule has 1 aliphatic heterocycles. The first-order chi connectivity index (χ1) is 8.24. The van der Waals surface area contributed by atoms with Crippen LogP contribution in [-0.4, -0.2) is 37.7 Å². The monoisotopic (exact) mass is 240 g/mol. The summed E-state index contributed by atoms with van der Waals surface area (Å²) in [6, 6.07) is 0.607. The van der Waals surface area contributed by atoms with Gasteiger partial charge in [-0.2, -0.15) is 0 Å². The first-order valence-electron chi connectivity index (χ1n) is 6.79. The van der Waals surface area contributed by atoms with Crippen molar-refractivity contribution >= 4 is 5.91 Å². The number of carbonyl (C=O) groups is 1. The van der Waals surface area contributed by atoms with Gasteiger partial charge in [0.05, 0.1) is 12.0 Å². The highest BCUT2D eigenvalue weighted by Crippen LogP contribution is 2.37. The molecular weight excluding hydrogens is 216 g/mol. The van der Waals surface area contributed by atoms with Gasteiger partial charge in [0.25, 0.3) is 0 Å². The molecule has 2 aliphatic rings. The first-order valence-corrected chi connectivity index (χ1v) is 6.79. The van der Waals surface area contributed by atoms with Gasteiger partial charge < -0.3 is 15.4 Å². The summed E-state index contributed by atoms with van der Waals surface area (Å²) in [5.41, 5.74) is -0.143. The highest BCUT2D eigenvalue weighted by Gasteiger charge is 2.38. The molecule has 2 N–H and O–H groups in total. The molecule has 0 aromatic carbocycles. The maximum absolute atomic E-state index is 11.8. The van der Waals surface area contributed by atoms with Crippen LogP contribution in [0.5, 0.6) is 0 Å². The van der Waals surface area contributed by atoms with Gasteiger partial charge in [0.15, 0.2) is 0 Å². The number of ether oxygens (including phenoxy) is 1. The summed E-state index contributed by atoms with van der Waals surface area (Å²) >= 11 is 0. The minimum Gasteiger partial charge on any atom is -0.378 e. The van der Waals surface area contributed by atoms with Crippen molar-refractivity contribution < 1.29 is 9.53 Å². The van der Waals surface area contributed by atoms with E-state index in [2.05, 4.69) is 10.6 Å². The second-order valence-corrected chi connectivity index (χ2v) is 5.35. The molecule has 1 saturated carbocycles. The molecule has 1 amide bonds. The quantitative estimate of drug-likeness (QED) is 0.733. The number of methoxy groups -OCH3 is 1. The minimum atomic E-state index is -0.143. The van der Waals surface area contributed by atoms with Gasteiger partial charge in [0.2, 0.25) is 5.91 Å². The van der Waals surface area contributed by atoms with Crippen LogP contribution in [-0.2, 0) is 9.53 Å². The highest BCUT2D eigenvalue weighted by atomic mass is 16.5. The fraction of sp³-hybridized carbons (Fsp3) is 0.923. The molecule has 4 heteroatoms. The first kappa shape index (κ1) is 12.8. The summed E-state index contributed by atoms with van der Waals surface area (Å²) in [5, 5.41) is 6.44. The number of rotatable bonds is 6. The Labute approximate surface area is 103 Å². The van der Waals surface area contributed by atoms with E-state index in [-0.39, 0.29) is 11.5 Å². The summed E-state index contributed by atoms with van der Waals surface area (Å²) in [6.07, 6.45) is 7.34. The lowest BCUT2D eigenvalue weighted by Crippen LogP contribution is -2.44. The van der Waals surface area contributed by atoms with E-state index in [1.54, 1.807) is 7.11 Å². The lowest BCUT2D eigenvalue weighted by molar-refractivity contribution is -0.134. The van der Waals surface area contributed by atoms with Gasteiger partial charge in [-0.05, 0) is 45.1 Å². The third kappa shape index (κ3) is 3.42. The number of hydrogen-bond donors (Lipinski definition) is 2. The third-order valence-corrected chi connectivity index (χ3v) is 4.16. The molecule has 1 saturated heterocycles. The van der Waals surface area contributed by atoms with Crippen molar-refractivity contribution in [3.05, 3.63) is 0 Å². The molecule has 0 bridgehead atoms. The van der Waals surface area contributed by atoms with Crippen LogP contribution in [0.2, 0.25) is 0 Å². The molecule has 0 aromatic rings. The van der Waals surface area contributed by atoms with Gasteiger partial charge in [-0.15, -0.1) is 0 Å². The second-order valence-electron chi connectivity index (χ2n) is 5.35. The van der Waals surface area contributed by atoms with Crippen LogP contribution in [0.25, 0.3) is 0 Å². The van der Waals surface area contributed by atoms with Crippen LogP contribution in [0.1, 0.15) is 44.9 Å². The highest BCUT2D eigenvalue weighted by molar-refractivity contribution is 5.77. The zero-order valence-corrected chi connectivity index (χ0v) is 10.8. The zero-order chi connectivity index (χ0) is 12.1. The molecule has 98 valence electrons. The van der Waals surface area contributed by atoms with Crippen molar-refractivity contribution in [1.82, 2.24) is 10.6 Å². The van der Waals surface area contributed by atoms with E-state index < -0.39 is 0 Å². The fourth-order valence-corrected chi connectivity index (χ4v) is 2.77. The number of amides is 1. The van der Waals surface area contributed by atoms with E-state index in [1.807, 2.05) is 0 Å².